The molecule has 174 valence electrons. The normalized spacial score (nSPS) is 11.4. The van der Waals surface area contributed by atoms with Gasteiger partial charge in [-0.2, -0.15) is 4.98 Å². The lowest BCUT2D eigenvalue weighted by molar-refractivity contribution is 0.0897. The van der Waals surface area contributed by atoms with Gasteiger partial charge in [-0.25, -0.2) is 4.79 Å². The Kier molecular flexibility index (Phi) is 6.27. The van der Waals surface area contributed by atoms with E-state index in [1.807, 2.05) is 24.3 Å². The predicted molar refractivity (Wildman–Crippen MR) is 126 cm³/mol. The average molecular weight is 460 g/mol. The molecule has 2 heterocycles. The molecule has 0 fully saturated rings. The third-order valence-electron chi connectivity index (χ3n) is 5.21. The van der Waals surface area contributed by atoms with Crippen molar-refractivity contribution >= 4 is 22.8 Å². The first kappa shape index (κ1) is 22.9. The Balaban J connectivity index is 1.31. The number of nitrogens with one attached hydrogen (secondary N) is 2. The molecular weight excluding hydrogens is 436 g/mol. The first-order chi connectivity index (χ1) is 16.2. The molecule has 2 aromatic heterocycles. The molecule has 0 aliphatic heterocycles. The lowest BCUT2D eigenvalue weighted by Gasteiger charge is -2.18. The number of para-hydroxylation sites is 1. The second-order valence-electron chi connectivity index (χ2n) is 8.75. The fourth-order valence-electron chi connectivity index (χ4n) is 3.30. The highest BCUT2D eigenvalue weighted by Crippen LogP contribution is 2.25. The minimum atomic E-state index is -0.728. The number of carbonyl (C=O) groups is 2. The van der Waals surface area contributed by atoms with Crippen molar-refractivity contribution in [3.63, 3.8) is 0 Å². The maximum atomic E-state index is 12.3. The van der Waals surface area contributed by atoms with E-state index in [1.54, 1.807) is 24.3 Å². The van der Waals surface area contributed by atoms with Gasteiger partial charge in [-0.1, -0.05) is 68.4 Å². The maximum absolute atomic E-state index is 12.3. The molecule has 9 nitrogen and oxygen atoms in total. The van der Waals surface area contributed by atoms with Crippen molar-refractivity contribution in [2.75, 3.05) is 13.1 Å². The minimum Gasteiger partial charge on any atom is -0.422 e. The summed E-state index contributed by atoms with van der Waals surface area (Å²) < 4.78 is 10.2. The molecule has 2 amide bonds. The molecule has 9 heteroatoms. The Labute approximate surface area is 195 Å². The molecule has 0 unspecified atom stereocenters. The Hall–Kier alpha value is -4.27. The van der Waals surface area contributed by atoms with E-state index in [9.17, 15) is 14.4 Å². The van der Waals surface area contributed by atoms with Gasteiger partial charge in [-0.05, 0) is 23.1 Å². The third-order valence-corrected chi connectivity index (χ3v) is 5.21. The summed E-state index contributed by atoms with van der Waals surface area (Å²) in [6.07, 6.45) is 0. The van der Waals surface area contributed by atoms with Gasteiger partial charge >= 0.3 is 17.4 Å². The number of hydrogen-bond acceptors (Lipinski definition) is 7. The van der Waals surface area contributed by atoms with Crippen molar-refractivity contribution in [1.29, 1.82) is 0 Å². The zero-order valence-corrected chi connectivity index (χ0v) is 19.0. The average Bonchev–Trinajstić information content (AvgIpc) is 3.31. The van der Waals surface area contributed by atoms with Crippen LogP contribution in [0.5, 0.6) is 0 Å². The van der Waals surface area contributed by atoms with Gasteiger partial charge in [-0.15, -0.1) is 0 Å². The summed E-state index contributed by atoms with van der Waals surface area (Å²) in [5.41, 5.74) is 1.49. The number of nitrogens with zero attached hydrogens (tertiary/aromatic N) is 2. The van der Waals surface area contributed by atoms with E-state index in [2.05, 4.69) is 41.5 Å². The van der Waals surface area contributed by atoms with E-state index in [4.69, 9.17) is 8.94 Å². The zero-order valence-electron chi connectivity index (χ0n) is 19.0. The molecule has 0 spiro atoms. The Morgan fingerprint density at radius 3 is 2.32 bits per heavy atom. The van der Waals surface area contributed by atoms with Crippen LogP contribution in [0.2, 0.25) is 0 Å². The molecule has 0 aliphatic carbocycles. The molecule has 34 heavy (non-hydrogen) atoms. The van der Waals surface area contributed by atoms with Crippen LogP contribution in [0.3, 0.4) is 0 Å². The Morgan fingerprint density at radius 1 is 0.941 bits per heavy atom. The molecule has 0 bridgehead atoms. The number of carbonyl (C=O) groups excluding carboxylic acids is 2. The van der Waals surface area contributed by atoms with Crippen molar-refractivity contribution in [1.82, 2.24) is 20.8 Å². The molecule has 2 N–H and O–H groups in total. The van der Waals surface area contributed by atoms with Gasteiger partial charge in [0.25, 0.3) is 5.91 Å². The van der Waals surface area contributed by atoms with E-state index < -0.39 is 17.4 Å². The highest BCUT2D eigenvalue weighted by atomic mass is 16.5. The molecular formula is C25H24N4O5. The Bertz CT molecular complexity index is 1400. The van der Waals surface area contributed by atoms with Crippen LogP contribution in [-0.2, 0) is 5.41 Å². The molecule has 4 aromatic rings. The van der Waals surface area contributed by atoms with Crippen LogP contribution in [0, 0.1) is 0 Å². The Morgan fingerprint density at radius 2 is 1.62 bits per heavy atom. The zero-order chi connectivity index (χ0) is 24.3. The largest absolute Gasteiger partial charge is 0.422 e. The van der Waals surface area contributed by atoms with Crippen LogP contribution in [0.25, 0.3) is 22.4 Å². The van der Waals surface area contributed by atoms with E-state index in [1.165, 1.54) is 11.6 Å². The fraction of sp³-hybridized carbons (Fsp3) is 0.240. The van der Waals surface area contributed by atoms with Gasteiger partial charge < -0.3 is 19.6 Å². The van der Waals surface area contributed by atoms with Crippen molar-refractivity contribution in [2.24, 2.45) is 0 Å². The van der Waals surface area contributed by atoms with E-state index in [0.717, 1.165) is 5.56 Å². The number of aromatic nitrogens is 2. The second kappa shape index (κ2) is 9.30. The van der Waals surface area contributed by atoms with Crippen molar-refractivity contribution in [2.45, 2.75) is 26.2 Å². The van der Waals surface area contributed by atoms with E-state index in [0.29, 0.717) is 16.8 Å². The van der Waals surface area contributed by atoms with Gasteiger partial charge in [-0.3, -0.25) is 9.59 Å². The summed E-state index contributed by atoms with van der Waals surface area (Å²) in [5, 5.41) is 9.68. The van der Waals surface area contributed by atoms with Crippen LogP contribution >= 0.6 is 0 Å². The summed E-state index contributed by atoms with van der Waals surface area (Å²) in [7, 11) is 0. The molecule has 0 aliphatic rings. The lowest BCUT2D eigenvalue weighted by Crippen LogP contribution is -2.36. The number of rotatable bonds is 6. The first-order valence-electron chi connectivity index (χ1n) is 10.8. The molecule has 0 radical (unpaired) electrons. The highest BCUT2D eigenvalue weighted by molar-refractivity contribution is 5.96. The number of fused-ring (bicyclic) bond motifs is 1. The topological polar surface area (TPSA) is 127 Å². The smallest absolute Gasteiger partial charge is 0.349 e. The molecule has 0 saturated carbocycles. The van der Waals surface area contributed by atoms with Gasteiger partial charge in [0.05, 0.1) is 0 Å². The van der Waals surface area contributed by atoms with Crippen LogP contribution in [0.4, 0.5) is 0 Å². The monoisotopic (exact) mass is 460 g/mol. The molecule has 2 aromatic carbocycles. The van der Waals surface area contributed by atoms with Crippen LogP contribution in [0.1, 0.15) is 47.4 Å². The van der Waals surface area contributed by atoms with Crippen LogP contribution in [0.15, 0.2) is 68.3 Å². The lowest BCUT2D eigenvalue weighted by atomic mass is 9.87. The summed E-state index contributed by atoms with van der Waals surface area (Å²) in [5.74, 6) is -1.03. The highest BCUT2D eigenvalue weighted by Gasteiger charge is 2.18. The van der Waals surface area contributed by atoms with Gasteiger partial charge in [0, 0.05) is 24.0 Å². The van der Waals surface area contributed by atoms with Gasteiger partial charge in [0.1, 0.15) is 11.1 Å². The fourth-order valence-corrected chi connectivity index (χ4v) is 3.30. The first-order valence-corrected chi connectivity index (χ1v) is 10.8. The summed E-state index contributed by atoms with van der Waals surface area (Å²) >= 11 is 0. The minimum absolute atomic E-state index is 0.0224. The van der Waals surface area contributed by atoms with Crippen LogP contribution < -0.4 is 16.3 Å². The quantitative estimate of drug-likeness (QED) is 0.334. The van der Waals surface area contributed by atoms with Crippen LogP contribution in [-0.4, -0.2) is 35.0 Å². The van der Waals surface area contributed by atoms with Crippen molar-refractivity contribution < 1.29 is 18.5 Å². The van der Waals surface area contributed by atoms with E-state index >= 15 is 0 Å². The predicted octanol–water partition coefficient (Wildman–Crippen LogP) is 3.30. The van der Waals surface area contributed by atoms with E-state index in [-0.39, 0.29) is 30.0 Å². The molecule has 4 rings (SSSR count). The van der Waals surface area contributed by atoms with Crippen molar-refractivity contribution in [3.8, 4) is 11.4 Å². The summed E-state index contributed by atoms with van der Waals surface area (Å²) in [6, 6.07) is 16.1. The van der Waals surface area contributed by atoms with Gasteiger partial charge in [0.15, 0.2) is 0 Å². The van der Waals surface area contributed by atoms with Gasteiger partial charge in [0.2, 0.25) is 5.82 Å². The maximum Gasteiger partial charge on any atom is 0.349 e. The molecule has 0 saturated heterocycles. The third kappa shape index (κ3) is 5.03. The molecule has 0 atom stereocenters. The summed E-state index contributed by atoms with van der Waals surface area (Å²) in [4.78, 5) is 40.9. The number of amides is 2. The summed E-state index contributed by atoms with van der Waals surface area (Å²) in [6.45, 7) is 6.56. The van der Waals surface area contributed by atoms with Crippen molar-refractivity contribution in [3.05, 3.63) is 82.0 Å². The second-order valence-corrected chi connectivity index (χ2v) is 8.75. The SMILES string of the molecule is CC(C)(C)c1ccc(-c2noc(C(=O)NCCNC(=O)c3cc4ccccc4oc3=O)n2)cc1. The standard InChI is InChI=1S/C25H24N4O5/c1-25(2,3)17-10-8-15(9-11-17)20-28-23(34-29-20)22(31)27-13-12-26-21(30)18-14-16-6-4-5-7-19(16)33-24(18)32/h4-11,14H,12-13H2,1-3H3,(H,26,30)(H,27,31). The number of benzene rings is 2. The number of hydrogen-bond donors (Lipinski definition) is 2.